The summed E-state index contributed by atoms with van der Waals surface area (Å²) in [5, 5.41) is 8.90. The van der Waals surface area contributed by atoms with Gasteiger partial charge in [0.05, 0.1) is 12.7 Å². The number of hydrogen-bond acceptors (Lipinski definition) is 6. The number of thioether (sulfide) groups is 1. The lowest BCUT2D eigenvalue weighted by Crippen LogP contribution is -2.03. The SMILES string of the molecule is COC(=O)c1cccc(CSc2nnc(N)n2C2CC2)c1. The van der Waals surface area contributed by atoms with Gasteiger partial charge in [-0.15, -0.1) is 10.2 Å². The van der Waals surface area contributed by atoms with E-state index in [4.69, 9.17) is 10.5 Å². The average Bonchev–Trinajstić information content (AvgIpc) is 3.28. The third-order valence-electron chi connectivity index (χ3n) is 3.32. The van der Waals surface area contributed by atoms with Gasteiger partial charge in [-0.1, -0.05) is 23.9 Å². The number of carbonyl (C=O) groups excluding carboxylic acids is 1. The second-order valence-corrected chi connectivity index (χ2v) is 5.87. The maximum absolute atomic E-state index is 11.5. The highest BCUT2D eigenvalue weighted by Gasteiger charge is 2.28. The highest BCUT2D eigenvalue weighted by Crippen LogP contribution is 2.39. The van der Waals surface area contributed by atoms with E-state index in [1.165, 1.54) is 7.11 Å². The van der Waals surface area contributed by atoms with E-state index < -0.39 is 0 Å². The van der Waals surface area contributed by atoms with Gasteiger partial charge in [0.15, 0.2) is 5.16 Å². The van der Waals surface area contributed by atoms with E-state index in [-0.39, 0.29) is 5.97 Å². The first-order valence-electron chi connectivity index (χ1n) is 6.69. The predicted octanol–water partition coefficient (Wildman–Crippen LogP) is 2.27. The van der Waals surface area contributed by atoms with Gasteiger partial charge >= 0.3 is 5.97 Å². The molecular weight excluding hydrogens is 288 g/mol. The standard InChI is InChI=1S/C14H16N4O2S/c1-20-12(19)10-4-2-3-9(7-10)8-21-14-17-16-13(15)18(14)11-5-6-11/h2-4,7,11H,5-6,8H2,1H3,(H2,15,16). The molecule has 7 heteroatoms. The molecule has 1 heterocycles. The number of carbonyl (C=O) groups is 1. The number of aromatic nitrogens is 3. The Balaban J connectivity index is 1.72. The van der Waals surface area contributed by atoms with Crippen molar-refractivity contribution >= 4 is 23.7 Å². The fraction of sp³-hybridized carbons (Fsp3) is 0.357. The summed E-state index contributed by atoms with van der Waals surface area (Å²) in [5.41, 5.74) is 7.44. The minimum absolute atomic E-state index is 0.327. The molecule has 0 spiro atoms. The third kappa shape index (κ3) is 3.02. The summed E-state index contributed by atoms with van der Waals surface area (Å²) in [6.45, 7) is 0. The van der Waals surface area contributed by atoms with E-state index in [2.05, 4.69) is 10.2 Å². The predicted molar refractivity (Wildman–Crippen MR) is 80.0 cm³/mol. The van der Waals surface area contributed by atoms with Crippen LogP contribution < -0.4 is 5.73 Å². The summed E-state index contributed by atoms with van der Waals surface area (Å²) in [4.78, 5) is 11.5. The van der Waals surface area contributed by atoms with Crippen LogP contribution >= 0.6 is 11.8 Å². The summed E-state index contributed by atoms with van der Waals surface area (Å²) >= 11 is 1.57. The van der Waals surface area contributed by atoms with Crippen molar-refractivity contribution in [2.75, 3.05) is 12.8 Å². The number of nitrogens with zero attached hydrogens (tertiary/aromatic N) is 3. The topological polar surface area (TPSA) is 83.0 Å². The molecule has 1 aromatic carbocycles. The Hall–Kier alpha value is -2.02. The van der Waals surface area contributed by atoms with Gasteiger partial charge in [-0.3, -0.25) is 4.57 Å². The molecule has 0 amide bonds. The molecule has 21 heavy (non-hydrogen) atoms. The van der Waals surface area contributed by atoms with Crippen molar-refractivity contribution in [2.24, 2.45) is 0 Å². The fourth-order valence-electron chi connectivity index (χ4n) is 2.12. The molecule has 3 rings (SSSR count). The Morgan fingerprint density at radius 1 is 1.48 bits per heavy atom. The molecule has 0 aliphatic heterocycles. The number of esters is 1. The van der Waals surface area contributed by atoms with Crippen LogP contribution in [-0.4, -0.2) is 27.8 Å². The number of methoxy groups -OCH3 is 1. The number of hydrogen-bond donors (Lipinski definition) is 1. The molecule has 0 radical (unpaired) electrons. The zero-order valence-electron chi connectivity index (χ0n) is 11.7. The first kappa shape index (κ1) is 13.9. The van der Waals surface area contributed by atoms with E-state index in [1.54, 1.807) is 17.8 Å². The summed E-state index contributed by atoms with van der Waals surface area (Å²) in [7, 11) is 1.38. The number of benzene rings is 1. The molecule has 1 fully saturated rings. The van der Waals surface area contributed by atoms with Crippen LogP contribution in [0.5, 0.6) is 0 Å². The molecule has 0 unspecified atom stereocenters. The quantitative estimate of drug-likeness (QED) is 0.674. The van der Waals surface area contributed by atoms with Crippen LogP contribution in [0.1, 0.15) is 34.8 Å². The van der Waals surface area contributed by atoms with Gasteiger partial charge in [0, 0.05) is 11.8 Å². The first-order valence-corrected chi connectivity index (χ1v) is 7.68. The first-order chi connectivity index (χ1) is 10.2. The van der Waals surface area contributed by atoms with Crippen molar-refractivity contribution in [3.05, 3.63) is 35.4 Å². The number of nitrogens with two attached hydrogens (primary N) is 1. The fourth-order valence-corrected chi connectivity index (χ4v) is 3.07. The molecule has 110 valence electrons. The smallest absolute Gasteiger partial charge is 0.337 e. The maximum atomic E-state index is 11.5. The number of anilines is 1. The lowest BCUT2D eigenvalue weighted by molar-refractivity contribution is 0.0600. The van der Waals surface area contributed by atoms with Crippen LogP contribution in [0.4, 0.5) is 5.95 Å². The monoisotopic (exact) mass is 304 g/mol. The lowest BCUT2D eigenvalue weighted by atomic mass is 10.1. The van der Waals surface area contributed by atoms with Crippen molar-refractivity contribution in [1.29, 1.82) is 0 Å². The molecule has 2 N–H and O–H groups in total. The Morgan fingerprint density at radius 3 is 3.00 bits per heavy atom. The van der Waals surface area contributed by atoms with Crippen LogP contribution in [0.2, 0.25) is 0 Å². The maximum Gasteiger partial charge on any atom is 0.337 e. The second kappa shape index (κ2) is 5.77. The van der Waals surface area contributed by atoms with Crippen LogP contribution in [0.25, 0.3) is 0 Å². The van der Waals surface area contributed by atoms with Gasteiger partial charge in [-0.2, -0.15) is 0 Å². The summed E-state index contributed by atoms with van der Waals surface area (Å²) < 4.78 is 6.72. The molecule has 1 saturated carbocycles. The highest BCUT2D eigenvalue weighted by atomic mass is 32.2. The normalized spacial score (nSPS) is 14.1. The minimum atomic E-state index is -0.327. The van der Waals surface area contributed by atoms with Crippen molar-refractivity contribution in [1.82, 2.24) is 14.8 Å². The van der Waals surface area contributed by atoms with E-state index in [1.807, 2.05) is 22.8 Å². The van der Waals surface area contributed by atoms with Crippen LogP contribution in [0.3, 0.4) is 0 Å². The molecular formula is C14H16N4O2S. The van der Waals surface area contributed by atoms with E-state index in [9.17, 15) is 4.79 Å². The Labute approximate surface area is 126 Å². The van der Waals surface area contributed by atoms with Gasteiger partial charge < -0.3 is 10.5 Å². The van der Waals surface area contributed by atoms with Gasteiger partial charge in [-0.25, -0.2) is 4.79 Å². The van der Waals surface area contributed by atoms with E-state index >= 15 is 0 Å². The molecule has 0 saturated heterocycles. The van der Waals surface area contributed by atoms with Gasteiger partial charge in [-0.05, 0) is 30.5 Å². The van der Waals surface area contributed by atoms with E-state index in [0.717, 1.165) is 23.6 Å². The molecule has 0 atom stereocenters. The van der Waals surface area contributed by atoms with Crippen molar-refractivity contribution < 1.29 is 9.53 Å². The third-order valence-corrected chi connectivity index (χ3v) is 4.33. The largest absolute Gasteiger partial charge is 0.465 e. The van der Waals surface area contributed by atoms with Crippen molar-refractivity contribution in [3.63, 3.8) is 0 Å². The molecule has 1 aromatic heterocycles. The zero-order valence-corrected chi connectivity index (χ0v) is 12.5. The Morgan fingerprint density at radius 2 is 2.29 bits per heavy atom. The molecule has 1 aliphatic carbocycles. The molecule has 2 aromatic rings. The van der Waals surface area contributed by atoms with Gasteiger partial charge in [0.2, 0.25) is 5.95 Å². The number of rotatable bonds is 5. The summed E-state index contributed by atoms with van der Waals surface area (Å²) in [6.07, 6.45) is 2.27. The van der Waals surface area contributed by atoms with Crippen LogP contribution in [-0.2, 0) is 10.5 Å². The van der Waals surface area contributed by atoms with Crippen molar-refractivity contribution in [3.8, 4) is 0 Å². The second-order valence-electron chi connectivity index (χ2n) is 4.92. The minimum Gasteiger partial charge on any atom is -0.465 e. The molecule has 6 nitrogen and oxygen atoms in total. The Kier molecular flexibility index (Phi) is 3.83. The van der Waals surface area contributed by atoms with Gasteiger partial charge in [0.1, 0.15) is 0 Å². The van der Waals surface area contributed by atoms with E-state index in [0.29, 0.717) is 23.3 Å². The molecule has 0 bridgehead atoms. The number of ether oxygens (including phenoxy) is 1. The van der Waals surface area contributed by atoms with Crippen molar-refractivity contribution in [2.45, 2.75) is 29.8 Å². The average molecular weight is 304 g/mol. The Bertz CT molecular complexity index is 667. The molecule has 1 aliphatic rings. The van der Waals surface area contributed by atoms with Crippen LogP contribution in [0, 0.1) is 0 Å². The summed E-state index contributed by atoms with van der Waals surface area (Å²) in [6, 6.07) is 7.84. The highest BCUT2D eigenvalue weighted by molar-refractivity contribution is 7.98. The van der Waals surface area contributed by atoms with Crippen LogP contribution in [0.15, 0.2) is 29.4 Å². The van der Waals surface area contributed by atoms with Gasteiger partial charge in [0.25, 0.3) is 0 Å². The lowest BCUT2D eigenvalue weighted by Gasteiger charge is -2.06. The number of nitrogen functional groups attached to an aromatic ring is 1. The zero-order chi connectivity index (χ0) is 14.8. The summed E-state index contributed by atoms with van der Waals surface area (Å²) in [5.74, 6) is 0.853.